The first-order chi connectivity index (χ1) is 7.91. The van der Waals surface area contributed by atoms with Crippen molar-refractivity contribution < 1.29 is 9.13 Å². The molecular formula is C13H18FNOS. The molecule has 0 heterocycles. The Bertz CT molecular complexity index is 406. The van der Waals surface area contributed by atoms with Gasteiger partial charge in [-0.1, -0.05) is 32.1 Å². The number of thiocarbonyl (C=S) groups is 1. The first kappa shape index (κ1) is 14.1. The third-order valence-electron chi connectivity index (χ3n) is 2.78. The number of nitrogens with two attached hydrogens (primary N) is 1. The Hall–Kier alpha value is -1.00. The van der Waals surface area contributed by atoms with Crippen LogP contribution < -0.4 is 5.73 Å². The summed E-state index contributed by atoms with van der Waals surface area (Å²) in [5.41, 5.74) is 6.94. The topological polar surface area (TPSA) is 35.2 Å². The lowest BCUT2D eigenvalue weighted by molar-refractivity contribution is 0.0234. The highest BCUT2D eigenvalue weighted by Crippen LogP contribution is 2.15. The van der Waals surface area contributed by atoms with E-state index in [1.807, 2.05) is 6.92 Å². The average molecular weight is 255 g/mol. The molecule has 94 valence electrons. The van der Waals surface area contributed by atoms with Crippen molar-refractivity contribution in [1.29, 1.82) is 0 Å². The summed E-state index contributed by atoms with van der Waals surface area (Å²) in [5, 5.41) is 0. The van der Waals surface area contributed by atoms with Crippen molar-refractivity contribution >= 4 is 17.2 Å². The van der Waals surface area contributed by atoms with E-state index in [1.165, 1.54) is 12.1 Å². The molecule has 1 unspecified atom stereocenters. The van der Waals surface area contributed by atoms with E-state index in [0.717, 1.165) is 5.56 Å². The molecule has 2 nitrogen and oxygen atoms in total. The van der Waals surface area contributed by atoms with Crippen molar-refractivity contribution in [2.75, 3.05) is 0 Å². The summed E-state index contributed by atoms with van der Waals surface area (Å²) in [5.74, 6) is 0.0946. The Morgan fingerprint density at radius 3 is 2.59 bits per heavy atom. The van der Waals surface area contributed by atoms with Gasteiger partial charge in [-0.3, -0.25) is 0 Å². The van der Waals surface area contributed by atoms with E-state index in [9.17, 15) is 4.39 Å². The van der Waals surface area contributed by atoms with E-state index in [4.69, 9.17) is 22.7 Å². The molecule has 0 radical (unpaired) electrons. The molecule has 0 saturated carbocycles. The molecule has 0 spiro atoms. The normalized spacial score (nSPS) is 12.8. The molecular weight excluding hydrogens is 237 g/mol. The van der Waals surface area contributed by atoms with Crippen LogP contribution in [0.15, 0.2) is 18.2 Å². The van der Waals surface area contributed by atoms with Gasteiger partial charge in [0, 0.05) is 5.56 Å². The number of ether oxygens (including phenoxy) is 1. The number of halogens is 1. The lowest BCUT2D eigenvalue weighted by Gasteiger charge is -2.17. The minimum atomic E-state index is -0.339. The summed E-state index contributed by atoms with van der Waals surface area (Å²) < 4.78 is 18.8. The first-order valence-electron chi connectivity index (χ1n) is 5.61. The van der Waals surface area contributed by atoms with Gasteiger partial charge in [0.15, 0.2) is 0 Å². The van der Waals surface area contributed by atoms with Gasteiger partial charge in [0.1, 0.15) is 10.8 Å². The van der Waals surface area contributed by atoms with Crippen LogP contribution in [-0.2, 0) is 11.3 Å². The molecule has 1 atom stereocenters. The summed E-state index contributed by atoms with van der Waals surface area (Å²) in [7, 11) is 0. The van der Waals surface area contributed by atoms with Crippen LogP contribution in [0.4, 0.5) is 4.39 Å². The Balaban J connectivity index is 2.80. The van der Waals surface area contributed by atoms with Crippen molar-refractivity contribution in [3.63, 3.8) is 0 Å². The molecule has 0 amide bonds. The molecule has 0 saturated heterocycles. The van der Waals surface area contributed by atoms with Gasteiger partial charge in [-0.15, -0.1) is 0 Å². The summed E-state index contributed by atoms with van der Waals surface area (Å²) in [4.78, 5) is 0.195. The van der Waals surface area contributed by atoms with Crippen LogP contribution in [0.5, 0.6) is 0 Å². The molecule has 0 fully saturated rings. The molecule has 1 rings (SSSR count). The number of rotatable bonds is 5. The van der Waals surface area contributed by atoms with Gasteiger partial charge in [-0.25, -0.2) is 4.39 Å². The Morgan fingerprint density at radius 2 is 2.06 bits per heavy atom. The van der Waals surface area contributed by atoms with Crippen LogP contribution in [0.3, 0.4) is 0 Å². The molecule has 17 heavy (non-hydrogen) atoms. The molecule has 0 aromatic heterocycles. The van der Waals surface area contributed by atoms with Crippen molar-refractivity contribution in [2.24, 2.45) is 11.7 Å². The summed E-state index contributed by atoms with van der Waals surface area (Å²) >= 11 is 4.90. The highest BCUT2D eigenvalue weighted by atomic mass is 32.1. The zero-order valence-electron chi connectivity index (χ0n) is 10.4. The van der Waals surface area contributed by atoms with Gasteiger partial charge in [0.25, 0.3) is 0 Å². The van der Waals surface area contributed by atoms with Crippen LogP contribution in [0, 0.1) is 11.7 Å². The predicted octanol–water partition coefficient (Wildman–Crippen LogP) is 3.02. The van der Waals surface area contributed by atoms with Gasteiger partial charge >= 0.3 is 0 Å². The maximum atomic E-state index is 13.1. The number of hydrogen-bond donors (Lipinski definition) is 1. The standard InChI is InChI=1S/C13H18FNOS/c1-8(2)9(3)16-7-10-4-5-11(14)6-12(10)13(15)17/h4-6,8-9H,7H2,1-3H3,(H2,15,17). The smallest absolute Gasteiger partial charge is 0.123 e. The largest absolute Gasteiger partial charge is 0.389 e. The van der Waals surface area contributed by atoms with Gasteiger partial charge in [0.2, 0.25) is 0 Å². The van der Waals surface area contributed by atoms with Crippen molar-refractivity contribution in [1.82, 2.24) is 0 Å². The third kappa shape index (κ3) is 4.06. The van der Waals surface area contributed by atoms with Gasteiger partial charge in [-0.2, -0.15) is 0 Å². The van der Waals surface area contributed by atoms with Crippen LogP contribution in [0.25, 0.3) is 0 Å². The maximum absolute atomic E-state index is 13.1. The van der Waals surface area contributed by atoms with Crippen LogP contribution >= 0.6 is 12.2 Å². The van der Waals surface area contributed by atoms with Gasteiger partial charge in [0.05, 0.1) is 12.7 Å². The fraction of sp³-hybridized carbons (Fsp3) is 0.462. The highest BCUT2D eigenvalue weighted by molar-refractivity contribution is 7.80. The number of hydrogen-bond acceptors (Lipinski definition) is 2. The lowest BCUT2D eigenvalue weighted by atomic mass is 10.1. The summed E-state index contributed by atoms with van der Waals surface area (Å²) in [6.45, 7) is 6.58. The fourth-order valence-corrected chi connectivity index (χ4v) is 1.51. The molecule has 0 aliphatic heterocycles. The Kier molecular flexibility index (Phi) is 5.02. The van der Waals surface area contributed by atoms with E-state index in [-0.39, 0.29) is 16.9 Å². The second kappa shape index (κ2) is 6.07. The fourth-order valence-electron chi connectivity index (χ4n) is 1.32. The number of benzene rings is 1. The van der Waals surface area contributed by atoms with Gasteiger partial charge < -0.3 is 10.5 Å². The van der Waals surface area contributed by atoms with Crippen molar-refractivity contribution in [2.45, 2.75) is 33.5 Å². The average Bonchev–Trinajstić information content (AvgIpc) is 2.26. The quantitative estimate of drug-likeness (QED) is 0.821. The Morgan fingerprint density at radius 1 is 1.41 bits per heavy atom. The van der Waals surface area contributed by atoms with E-state index in [2.05, 4.69) is 13.8 Å². The molecule has 1 aromatic rings. The molecule has 0 aliphatic rings. The second-order valence-electron chi connectivity index (χ2n) is 4.43. The monoisotopic (exact) mass is 255 g/mol. The van der Waals surface area contributed by atoms with Gasteiger partial charge in [-0.05, 0) is 30.5 Å². The lowest BCUT2D eigenvalue weighted by Crippen LogP contribution is -2.18. The van der Waals surface area contributed by atoms with E-state index < -0.39 is 0 Å². The maximum Gasteiger partial charge on any atom is 0.123 e. The first-order valence-corrected chi connectivity index (χ1v) is 6.02. The van der Waals surface area contributed by atoms with Crippen LogP contribution in [0.2, 0.25) is 0 Å². The minimum Gasteiger partial charge on any atom is -0.389 e. The van der Waals surface area contributed by atoms with Crippen molar-refractivity contribution in [3.8, 4) is 0 Å². The molecule has 1 aromatic carbocycles. The highest BCUT2D eigenvalue weighted by Gasteiger charge is 2.11. The summed E-state index contributed by atoms with van der Waals surface area (Å²) in [6.07, 6.45) is 0.138. The van der Waals surface area contributed by atoms with E-state index in [0.29, 0.717) is 18.1 Å². The van der Waals surface area contributed by atoms with Crippen LogP contribution in [0.1, 0.15) is 31.9 Å². The van der Waals surface area contributed by atoms with E-state index >= 15 is 0 Å². The zero-order valence-corrected chi connectivity index (χ0v) is 11.2. The molecule has 4 heteroatoms. The van der Waals surface area contributed by atoms with Crippen molar-refractivity contribution in [3.05, 3.63) is 35.1 Å². The molecule has 0 aliphatic carbocycles. The second-order valence-corrected chi connectivity index (χ2v) is 4.87. The SMILES string of the molecule is CC(C)C(C)OCc1ccc(F)cc1C(N)=S. The summed E-state index contributed by atoms with van der Waals surface area (Å²) in [6, 6.07) is 4.40. The predicted molar refractivity (Wildman–Crippen MR) is 71.4 cm³/mol. The third-order valence-corrected chi connectivity index (χ3v) is 3.00. The minimum absolute atomic E-state index is 0.138. The molecule has 2 N–H and O–H groups in total. The van der Waals surface area contributed by atoms with Crippen LogP contribution in [-0.4, -0.2) is 11.1 Å². The Labute approximate surface area is 107 Å². The zero-order chi connectivity index (χ0) is 13.0. The molecule has 0 bridgehead atoms. The van der Waals surface area contributed by atoms with E-state index in [1.54, 1.807) is 6.07 Å².